The van der Waals surface area contributed by atoms with Crippen molar-refractivity contribution < 1.29 is 9.59 Å². The van der Waals surface area contributed by atoms with Crippen molar-refractivity contribution in [3.8, 4) is 0 Å². The first-order chi connectivity index (χ1) is 15.6. The molecular formula is C25H33N5O2. The smallest absolute Gasteiger partial charge is 0.319 e. The fourth-order valence-corrected chi connectivity index (χ4v) is 5.48. The summed E-state index contributed by atoms with van der Waals surface area (Å²) < 4.78 is 2.01. The van der Waals surface area contributed by atoms with E-state index in [1.807, 2.05) is 27.6 Å². The average Bonchev–Trinajstić information content (AvgIpc) is 3.49. The van der Waals surface area contributed by atoms with Gasteiger partial charge in [0.2, 0.25) is 5.91 Å². The molecule has 1 N–H and O–H groups in total. The molecule has 0 saturated carbocycles. The number of anilines is 1. The summed E-state index contributed by atoms with van der Waals surface area (Å²) in [5.41, 5.74) is 3.68. The van der Waals surface area contributed by atoms with Crippen LogP contribution >= 0.6 is 0 Å². The molecule has 2 saturated heterocycles. The number of likely N-dealkylation sites (tertiary alicyclic amines) is 2. The fourth-order valence-electron chi connectivity index (χ4n) is 5.48. The predicted molar refractivity (Wildman–Crippen MR) is 124 cm³/mol. The Bertz CT molecular complexity index is 986. The lowest BCUT2D eigenvalue weighted by Crippen LogP contribution is -2.47. The molecular weight excluding hydrogens is 402 g/mol. The molecule has 3 amide bonds. The van der Waals surface area contributed by atoms with E-state index in [0.717, 1.165) is 56.6 Å². The molecule has 3 aliphatic rings. The summed E-state index contributed by atoms with van der Waals surface area (Å²) >= 11 is 0. The van der Waals surface area contributed by atoms with Gasteiger partial charge in [0.05, 0.1) is 12.2 Å². The largest absolute Gasteiger partial charge is 0.325 e. The number of rotatable bonds is 3. The van der Waals surface area contributed by atoms with E-state index < -0.39 is 0 Å². The zero-order chi connectivity index (χ0) is 22.1. The van der Waals surface area contributed by atoms with Crippen molar-refractivity contribution in [3.63, 3.8) is 0 Å². The number of urea groups is 1. The minimum absolute atomic E-state index is 0.0483. The first-order valence-corrected chi connectivity index (χ1v) is 12.1. The van der Waals surface area contributed by atoms with Crippen molar-refractivity contribution in [2.75, 3.05) is 31.5 Å². The predicted octanol–water partition coefficient (Wildman–Crippen LogP) is 3.98. The van der Waals surface area contributed by atoms with Crippen molar-refractivity contribution in [1.82, 2.24) is 19.6 Å². The van der Waals surface area contributed by atoms with Gasteiger partial charge in [-0.2, -0.15) is 5.10 Å². The first kappa shape index (κ1) is 21.0. The second-order valence-corrected chi connectivity index (χ2v) is 9.45. The molecule has 0 radical (unpaired) electrons. The summed E-state index contributed by atoms with van der Waals surface area (Å²) in [5.74, 6) is 0.790. The highest BCUT2D eigenvalue weighted by Gasteiger charge is 2.32. The van der Waals surface area contributed by atoms with Crippen molar-refractivity contribution >= 4 is 17.8 Å². The van der Waals surface area contributed by atoms with Gasteiger partial charge in [0.15, 0.2) is 0 Å². The number of fused-ring (bicyclic) bond motifs is 1. The van der Waals surface area contributed by atoms with E-state index in [1.54, 1.807) is 0 Å². The number of amides is 3. The van der Waals surface area contributed by atoms with Crippen LogP contribution in [0.4, 0.5) is 10.6 Å². The lowest BCUT2D eigenvalue weighted by atomic mass is 9.88. The van der Waals surface area contributed by atoms with E-state index in [4.69, 9.17) is 0 Å². The highest BCUT2D eigenvalue weighted by Crippen LogP contribution is 2.35. The summed E-state index contributed by atoms with van der Waals surface area (Å²) in [6.07, 6.45) is 8.73. The summed E-state index contributed by atoms with van der Waals surface area (Å²) in [4.78, 5) is 29.7. The number of hydrogen-bond acceptors (Lipinski definition) is 3. The number of carbonyl (C=O) groups excluding carboxylic acids is 2. The Labute approximate surface area is 189 Å². The molecule has 7 heteroatoms. The highest BCUT2D eigenvalue weighted by molar-refractivity contribution is 5.92. The Kier molecular flexibility index (Phi) is 5.89. The van der Waals surface area contributed by atoms with Crippen LogP contribution in [-0.2, 0) is 11.2 Å². The van der Waals surface area contributed by atoms with E-state index in [2.05, 4.69) is 34.7 Å². The second-order valence-electron chi connectivity index (χ2n) is 9.45. The van der Waals surface area contributed by atoms with E-state index in [0.29, 0.717) is 25.9 Å². The molecule has 1 aromatic carbocycles. The monoisotopic (exact) mass is 435 g/mol. The molecule has 1 unspecified atom stereocenters. The van der Waals surface area contributed by atoms with Crippen molar-refractivity contribution in [3.05, 3.63) is 47.2 Å². The van der Waals surface area contributed by atoms with Gasteiger partial charge in [-0.05, 0) is 63.0 Å². The molecule has 2 aromatic rings. The molecule has 1 atom stereocenters. The van der Waals surface area contributed by atoms with E-state index in [1.165, 1.54) is 11.1 Å². The topological polar surface area (TPSA) is 70.5 Å². The quantitative estimate of drug-likeness (QED) is 0.793. The normalized spacial score (nSPS) is 21.5. The van der Waals surface area contributed by atoms with Crippen LogP contribution in [0.25, 0.3) is 0 Å². The van der Waals surface area contributed by atoms with Crippen LogP contribution in [0.2, 0.25) is 0 Å². The first-order valence-electron chi connectivity index (χ1n) is 12.1. The maximum absolute atomic E-state index is 13.2. The van der Waals surface area contributed by atoms with Crippen molar-refractivity contribution in [1.29, 1.82) is 0 Å². The SMILES string of the molecule is Cc1cnn(C2CCCc3ccccc32)c1NC(=O)C1CCN(C(=O)N2CCCC2)CC1. The molecule has 32 heavy (non-hydrogen) atoms. The maximum Gasteiger partial charge on any atom is 0.319 e. The van der Waals surface area contributed by atoms with Gasteiger partial charge in [0.1, 0.15) is 5.82 Å². The van der Waals surface area contributed by atoms with Crippen LogP contribution in [0.5, 0.6) is 0 Å². The number of nitrogens with one attached hydrogen (secondary N) is 1. The van der Waals surface area contributed by atoms with Gasteiger partial charge in [0.25, 0.3) is 0 Å². The molecule has 3 heterocycles. The molecule has 7 nitrogen and oxygen atoms in total. The Hall–Kier alpha value is -2.83. The van der Waals surface area contributed by atoms with Crippen LogP contribution in [0, 0.1) is 12.8 Å². The molecule has 170 valence electrons. The zero-order valence-electron chi connectivity index (χ0n) is 18.9. The van der Waals surface area contributed by atoms with Gasteiger partial charge in [-0.1, -0.05) is 24.3 Å². The Morgan fingerprint density at radius 2 is 1.69 bits per heavy atom. The molecule has 1 aliphatic carbocycles. The maximum atomic E-state index is 13.2. The summed E-state index contributed by atoms with van der Waals surface area (Å²) in [6, 6.07) is 8.87. The summed E-state index contributed by atoms with van der Waals surface area (Å²) in [5, 5.41) is 7.86. The van der Waals surface area contributed by atoms with Crippen molar-refractivity contribution in [2.45, 2.75) is 57.9 Å². The molecule has 2 fully saturated rings. The number of hydrogen-bond donors (Lipinski definition) is 1. The van der Waals surface area contributed by atoms with Crippen molar-refractivity contribution in [2.24, 2.45) is 5.92 Å². The van der Waals surface area contributed by atoms with Gasteiger partial charge in [-0.25, -0.2) is 9.48 Å². The average molecular weight is 436 g/mol. The van der Waals surface area contributed by atoms with E-state index in [9.17, 15) is 9.59 Å². The number of aryl methyl sites for hydroxylation is 2. The third-order valence-corrected chi connectivity index (χ3v) is 7.37. The van der Waals surface area contributed by atoms with Gasteiger partial charge in [-0.15, -0.1) is 0 Å². The minimum atomic E-state index is -0.0704. The van der Waals surface area contributed by atoms with Crippen LogP contribution in [0.1, 0.15) is 61.3 Å². The lowest BCUT2D eigenvalue weighted by molar-refractivity contribution is -0.121. The second kappa shape index (κ2) is 8.96. The van der Waals surface area contributed by atoms with Gasteiger partial charge < -0.3 is 15.1 Å². The van der Waals surface area contributed by atoms with Crippen LogP contribution in [0.15, 0.2) is 30.5 Å². The number of piperidine rings is 1. The van der Waals surface area contributed by atoms with E-state index in [-0.39, 0.29) is 23.9 Å². The van der Waals surface area contributed by atoms with Gasteiger partial charge in [0, 0.05) is 37.7 Å². The van der Waals surface area contributed by atoms with Crippen LogP contribution in [0.3, 0.4) is 0 Å². The molecule has 0 bridgehead atoms. The minimum Gasteiger partial charge on any atom is -0.325 e. The Balaban J connectivity index is 1.25. The van der Waals surface area contributed by atoms with Crippen LogP contribution < -0.4 is 5.32 Å². The summed E-state index contributed by atoms with van der Waals surface area (Å²) in [6.45, 7) is 5.05. The number of nitrogens with zero attached hydrogens (tertiary/aromatic N) is 4. The number of carbonyl (C=O) groups is 2. The van der Waals surface area contributed by atoms with E-state index >= 15 is 0 Å². The summed E-state index contributed by atoms with van der Waals surface area (Å²) in [7, 11) is 0. The fraction of sp³-hybridized carbons (Fsp3) is 0.560. The molecule has 2 aliphatic heterocycles. The lowest BCUT2D eigenvalue weighted by Gasteiger charge is -2.34. The Morgan fingerprint density at radius 3 is 2.47 bits per heavy atom. The number of aromatic nitrogens is 2. The van der Waals surface area contributed by atoms with Gasteiger partial charge >= 0.3 is 6.03 Å². The number of benzene rings is 1. The van der Waals surface area contributed by atoms with Crippen LogP contribution in [-0.4, -0.2) is 57.7 Å². The highest BCUT2D eigenvalue weighted by atomic mass is 16.2. The molecule has 1 aromatic heterocycles. The third-order valence-electron chi connectivity index (χ3n) is 7.37. The Morgan fingerprint density at radius 1 is 0.969 bits per heavy atom. The molecule has 0 spiro atoms. The van der Waals surface area contributed by atoms with Gasteiger partial charge in [-0.3, -0.25) is 4.79 Å². The standard InChI is InChI=1S/C25H33N5O2/c1-18-17-26-30(22-10-6-8-19-7-2-3-9-21(19)22)23(18)27-24(31)20-11-15-29(16-12-20)25(32)28-13-4-5-14-28/h2-3,7,9,17,20,22H,4-6,8,10-16H2,1H3,(H,27,31). The third kappa shape index (κ3) is 4.00. The molecule has 5 rings (SSSR count). The zero-order valence-corrected chi connectivity index (χ0v) is 18.9.